The summed E-state index contributed by atoms with van der Waals surface area (Å²) in [5, 5.41) is 3.28. The van der Waals surface area contributed by atoms with Crippen molar-refractivity contribution in [2.45, 2.75) is 63.8 Å². The van der Waals surface area contributed by atoms with Crippen molar-refractivity contribution in [2.24, 2.45) is 5.92 Å². The second-order valence-corrected chi connectivity index (χ2v) is 10.2. The van der Waals surface area contributed by atoms with Crippen LogP contribution in [0.5, 0.6) is 0 Å². The Kier molecular flexibility index (Phi) is 6.92. The van der Waals surface area contributed by atoms with Gasteiger partial charge in [0.1, 0.15) is 0 Å². The van der Waals surface area contributed by atoms with Crippen LogP contribution in [0.2, 0.25) is 0 Å². The molecule has 2 aliphatic rings. The lowest BCUT2D eigenvalue weighted by Crippen LogP contribution is -2.63. The summed E-state index contributed by atoms with van der Waals surface area (Å²) in [5.41, 5.74) is 3.23. The molecule has 5 rings (SSSR count). The molecule has 5 heteroatoms. The fourth-order valence-electron chi connectivity index (χ4n) is 5.73. The Labute approximate surface area is 213 Å². The van der Waals surface area contributed by atoms with Gasteiger partial charge in [-0.05, 0) is 42.0 Å². The van der Waals surface area contributed by atoms with E-state index < -0.39 is 11.5 Å². The lowest BCUT2D eigenvalue weighted by Gasteiger charge is -2.45. The topological polar surface area (TPSA) is 58.6 Å². The number of ether oxygens (including phenoxy) is 1. The number of fused-ring (bicyclic) bond motifs is 2. The Bertz CT molecular complexity index is 1210. The second kappa shape index (κ2) is 10.3. The molecular formula is C31H34N2O3. The Morgan fingerprint density at radius 2 is 1.61 bits per heavy atom. The van der Waals surface area contributed by atoms with Gasteiger partial charge in [0.25, 0.3) is 0 Å². The molecule has 0 radical (unpaired) electrons. The molecule has 0 bridgehead atoms. The minimum absolute atomic E-state index is 0.0506. The zero-order chi connectivity index (χ0) is 25.1. The SMILES string of the molecule is CC(C)C(=O)N[C@H]1[C@H](OCc2ccccc2)CCC[C@]12C(=O)N(Cc1ccccc1)c1ccccc12. The number of nitrogens with zero attached hydrogens (tertiary/aromatic N) is 1. The highest BCUT2D eigenvalue weighted by Crippen LogP contribution is 2.51. The first-order valence-corrected chi connectivity index (χ1v) is 12.9. The lowest BCUT2D eigenvalue weighted by atomic mass is 9.65. The smallest absolute Gasteiger partial charge is 0.240 e. The fraction of sp³-hybridized carbons (Fsp3) is 0.355. The summed E-state index contributed by atoms with van der Waals surface area (Å²) < 4.78 is 6.48. The number of hydrogen-bond acceptors (Lipinski definition) is 3. The summed E-state index contributed by atoms with van der Waals surface area (Å²) in [6.45, 7) is 4.71. The summed E-state index contributed by atoms with van der Waals surface area (Å²) in [4.78, 5) is 29.4. The van der Waals surface area contributed by atoms with Crippen LogP contribution >= 0.6 is 0 Å². The van der Waals surface area contributed by atoms with Crippen LogP contribution in [0, 0.1) is 5.92 Å². The van der Waals surface area contributed by atoms with Crippen molar-refractivity contribution >= 4 is 17.5 Å². The van der Waals surface area contributed by atoms with Crippen molar-refractivity contribution in [3.63, 3.8) is 0 Å². The third-order valence-electron chi connectivity index (χ3n) is 7.58. The molecule has 3 aromatic carbocycles. The van der Waals surface area contributed by atoms with Gasteiger partial charge in [-0.25, -0.2) is 0 Å². The predicted octanol–water partition coefficient (Wildman–Crippen LogP) is 5.38. The van der Waals surface area contributed by atoms with Gasteiger partial charge >= 0.3 is 0 Å². The van der Waals surface area contributed by atoms with Crippen molar-refractivity contribution < 1.29 is 14.3 Å². The number of carbonyl (C=O) groups excluding carboxylic acids is 2. The summed E-state index contributed by atoms with van der Waals surface area (Å²) in [6, 6.07) is 27.8. The maximum absolute atomic E-state index is 14.4. The molecule has 1 aliphatic carbocycles. The molecule has 1 fully saturated rings. The van der Waals surface area contributed by atoms with E-state index in [1.54, 1.807) is 0 Å². The van der Waals surface area contributed by atoms with Gasteiger partial charge in [-0.1, -0.05) is 92.7 Å². The van der Waals surface area contributed by atoms with Gasteiger partial charge in [0.2, 0.25) is 11.8 Å². The molecule has 5 nitrogen and oxygen atoms in total. The largest absolute Gasteiger partial charge is 0.371 e. The maximum atomic E-state index is 14.4. The minimum atomic E-state index is -0.852. The average Bonchev–Trinajstić information content (AvgIpc) is 3.13. The standard InChI is InChI=1S/C31H34N2O3/c1-22(2)29(34)32-28-27(36-21-24-14-7-4-8-15-24)18-11-19-31(28)25-16-9-10-17-26(25)33(30(31)35)20-23-12-5-3-6-13-23/h3-10,12-17,22,27-28H,11,18-21H2,1-2H3,(H,32,34)/t27-,28+,31-/m1/s1. The summed E-state index contributed by atoms with van der Waals surface area (Å²) in [6.07, 6.45) is 2.07. The van der Waals surface area contributed by atoms with Gasteiger partial charge in [0.15, 0.2) is 0 Å². The number of benzene rings is 3. The van der Waals surface area contributed by atoms with Crippen molar-refractivity contribution in [1.82, 2.24) is 5.32 Å². The van der Waals surface area contributed by atoms with Crippen LogP contribution < -0.4 is 10.2 Å². The molecule has 2 amide bonds. The highest BCUT2D eigenvalue weighted by atomic mass is 16.5. The van der Waals surface area contributed by atoms with Crippen molar-refractivity contribution in [1.29, 1.82) is 0 Å². The number of para-hydroxylation sites is 1. The third-order valence-corrected chi connectivity index (χ3v) is 7.58. The third kappa shape index (κ3) is 4.44. The number of hydrogen-bond donors (Lipinski definition) is 1. The van der Waals surface area contributed by atoms with E-state index in [0.717, 1.165) is 35.2 Å². The maximum Gasteiger partial charge on any atom is 0.240 e. The molecule has 0 saturated heterocycles. The first kappa shape index (κ1) is 24.3. The van der Waals surface area contributed by atoms with Gasteiger partial charge < -0.3 is 15.0 Å². The van der Waals surface area contributed by atoms with Gasteiger partial charge in [-0.3, -0.25) is 9.59 Å². The Hall–Kier alpha value is -3.44. The van der Waals surface area contributed by atoms with Crippen LogP contribution in [0.15, 0.2) is 84.9 Å². The summed E-state index contributed by atoms with van der Waals surface area (Å²) >= 11 is 0. The van der Waals surface area contributed by atoms with Crippen LogP contribution in [-0.4, -0.2) is 24.0 Å². The number of nitrogens with one attached hydrogen (secondary N) is 1. The molecule has 1 spiro atoms. The molecule has 0 unspecified atom stereocenters. The normalized spacial score (nSPS) is 23.2. The second-order valence-electron chi connectivity index (χ2n) is 10.2. The van der Waals surface area contributed by atoms with E-state index in [0.29, 0.717) is 19.6 Å². The molecule has 1 N–H and O–H groups in total. The van der Waals surface area contributed by atoms with Crippen LogP contribution in [0.25, 0.3) is 0 Å². The molecular weight excluding hydrogens is 448 g/mol. The predicted molar refractivity (Wildman–Crippen MR) is 141 cm³/mol. The van der Waals surface area contributed by atoms with Crippen LogP contribution in [-0.2, 0) is 32.9 Å². The lowest BCUT2D eigenvalue weighted by molar-refractivity contribution is -0.134. The van der Waals surface area contributed by atoms with E-state index in [1.807, 2.05) is 97.6 Å². The zero-order valence-electron chi connectivity index (χ0n) is 21.0. The molecule has 186 valence electrons. The van der Waals surface area contributed by atoms with E-state index in [-0.39, 0.29) is 23.8 Å². The highest BCUT2D eigenvalue weighted by Gasteiger charge is 2.59. The Morgan fingerprint density at radius 3 is 2.31 bits per heavy atom. The number of carbonyl (C=O) groups is 2. The summed E-state index contributed by atoms with van der Waals surface area (Å²) in [5.74, 6) is -0.193. The van der Waals surface area contributed by atoms with Gasteiger partial charge in [-0.2, -0.15) is 0 Å². The Morgan fingerprint density at radius 1 is 0.972 bits per heavy atom. The van der Waals surface area contributed by atoms with Crippen LogP contribution in [0.1, 0.15) is 49.8 Å². The molecule has 1 heterocycles. The first-order valence-electron chi connectivity index (χ1n) is 12.9. The van der Waals surface area contributed by atoms with E-state index >= 15 is 0 Å². The molecule has 3 aromatic rings. The van der Waals surface area contributed by atoms with Gasteiger partial charge in [0, 0.05) is 11.6 Å². The molecule has 0 aromatic heterocycles. The van der Waals surface area contributed by atoms with E-state index in [4.69, 9.17) is 4.74 Å². The van der Waals surface area contributed by atoms with E-state index in [2.05, 4.69) is 11.4 Å². The zero-order valence-corrected chi connectivity index (χ0v) is 21.0. The van der Waals surface area contributed by atoms with E-state index in [1.165, 1.54) is 0 Å². The average molecular weight is 483 g/mol. The minimum Gasteiger partial charge on any atom is -0.371 e. The van der Waals surface area contributed by atoms with Gasteiger partial charge in [0.05, 0.1) is 30.7 Å². The van der Waals surface area contributed by atoms with Crippen LogP contribution in [0.3, 0.4) is 0 Å². The highest BCUT2D eigenvalue weighted by molar-refractivity contribution is 6.09. The first-order chi connectivity index (χ1) is 17.5. The molecule has 3 atom stereocenters. The number of anilines is 1. The number of rotatable bonds is 7. The number of amides is 2. The molecule has 1 aliphatic heterocycles. The molecule has 1 saturated carbocycles. The molecule has 36 heavy (non-hydrogen) atoms. The van der Waals surface area contributed by atoms with Crippen molar-refractivity contribution in [3.8, 4) is 0 Å². The monoisotopic (exact) mass is 482 g/mol. The van der Waals surface area contributed by atoms with Crippen LogP contribution in [0.4, 0.5) is 5.69 Å². The Balaban J connectivity index is 1.53. The summed E-state index contributed by atoms with van der Waals surface area (Å²) in [7, 11) is 0. The van der Waals surface area contributed by atoms with Gasteiger partial charge in [-0.15, -0.1) is 0 Å². The van der Waals surface area contributed by atoms with Crippen molar-refractivity contribution in [2.75, 3.05) is 4.90 Å². The quantitative estimate of drug-likeness (QED) is 0.492. The van der Waals surface area contributed by atoms with Crippen molar-refractivity contribution in [3.05, 3.63) is 102 Å². The van der Waals surface area contributed by atoms with E-state index in [9.17, 15) is 9.59 Å². The fourth-order valence-corrected chi connectivity index (χ4v) is 5.73.